The van der Waals surface area contributed by atoms with E-state index in [4.69, 9.17) is 0 Å². The summed E-state index contributed by atoms with van der Waals surface area (Å²) < 4.78 is 52.2. The summed E-state index contributed by atoms with van der Waals surface area (Å²) in [7, 11) is -3.31. The average Bonchev–Trinajstić information content (AvgIpc) is 2.81. The summed E-state index contributed by atoms with van der Waals surface area (Å²) in [5.74, 6) is -2.38. The van der Waals surface area contributed by atoms with Gasteiger partial charge in [-0.3, -0.25) is 4.79 Å². The minimum Gasteiger partial charge on any atom is -0.337 e. The van der Waals surface area contributed by atoms with Gasteiger partial charge in [0.25, 0.3) is 5.91 Å². The third-order valence-electron chi connectivity index (χ3n) is 4.06. The van der Waals surface area contributed by atoms with Gasteiger partial charge in [0.1, 0.15) is 0 Å². The largest absolute Gasteiger partial charge is 0.337 e. The summed E-state index contributed by atoms with van der Waals surface area (Å²) in [6, 6.07) is 3.03. The Bertz CT molecular complexity index is 695. The van der Waals surface area contributed by atoms with E-state index in [1.54, 1.807) is 0 Å². The van der Waals surface area contributed by atoms with Crippen LogP contribution in [-0.2, 0) is 10.0 Å². The van der Waals surface area contributed by atoms with Gasteiger partial charge in [-0.15, -0.1) is 0 Å². The van der Waals surface area contributed by atoms with E-state index in [0.717, 1.165) is 18.6 Å². The fourth-order valence-electron chi connectivity index (χ4n) is 2.64. The van der Waals surface area contributed by atoms with Gasteiger partial charge in [0.2, 0.25) is 10.0 Å². The van der Waals surface area contributed by atoms with Crippen molar-refractivity contribution in [3.05, 3.63) is 35.4 Å². The van der Waals surface area contributed by atoms with Gasteiger partial charge in [0.05, 0.1) is 5.75 Å². The van der Waals surface area contributed by atoms with Gasteiger partial charge in [-0.2, -0.15) is 0 Å². The van der Waals surface area contributed by atoms with Gasteiger partial charge in [-0.25, -0.2) is 21.5 Å². The van der Waals surface area contributed by atoms with Gasteiger partial charge in [-0.05, 0) is 31.0 Å². The molecule has 1 saturated heterocycles. The summed E-state index contributed by atoms with van der Waals surface area (Å²) >= 11 is 0. The van der Waals surface area contributed by atoms with Crippen molar-refractivity contribution in [2.24, 2.45) is 0 Å². The Morgan fingerprint density at radius 2 is 1.88 bits per heavy atom. The van der Waals surface area contributed by atoms with Crippen LogP contribution >= 0.6 is 0 Å². The molecule has 1 amide bonds. The first-order chi connectivity index (χ1) is 11.3. The molecule has 0 N–H and O–H groups in total. The second kappa shape index (κ2) is 8.02. The highest BCUT2D eigenvalue weighted by Crippen LogP contribution is 2.15. The monoisotopic (exact) mass is 360 g/mol. The van der Waals surface area contributed by atoms with Crippen LogP contribution in [0.25, 0.3) is 0 Å². The Labute approximate surface area is 141 Å². The average molecular weight is 360 g/mol. The molecule has 0 bridgehead atoms. The molecule has 0 spiro atoms. The second-order valence-corrected chi connectivity index (χ2v) is 7.93. The van der Waals surface area contributed by atoms with Crippen molar-refractivity contribution >= 4 is 15.9 Å². The number of carbonyl (C=O) groups excluding carboxylic acids is 1. The van der Waals surface area contributed by atoms with Crippen molar-refractivity contribution in [1.29, 1.82) is 0 Å². The standard InChI is InChI=1S/C16H22F2N2O3S/c1-2-3-11-24(22,23)20-8-4-7-19(9-10-20)16(21)13-5-6-14(17)15(18)12-13/h5-6,12H,2-4,7-11H2,1H3. The van der Waals surface area contributed by atoms with E-state index in [1.807, 2.05) is 6.92 Å². The van der Waals surface area contributed by atoms with Crippen LogP contribution in [-0.4, -0.2) is 55.5 Å². The second-order valence-electron chi connectivity index (χ2n) is 5.84. The number of nitrogens with zero attached hydrogens (tertiary/aromatic N) is 2. The molecule has 0 saturated carbocycles. The SMILES string of the molecule is CCCCS(=O)(=O)N1CCCN(C(=O)c2ccc(F)c(F)c2)CC1. The highest BCUT2D eigenvalue weighted by Gasteiger charge is 2.27. The smallest absolute Gasteiger partial charge is 0.254 e. The van der Waals surface area contributed by atoms with Crippen LogP contribution in [0.15, 0.2) is 18.2 Å². The molecule has 0 aliphatic carbocycles. The van der Waals surface area contributed by atoms with E-state index < -0.39 is 27.6 Å². The van der Waals surface area contributed by atoms with Gasteiger partial charge in [-0.1, -0.05) is 13.3 Å². The van der Waals surface area contributed by atoms with E-state index in [1.165, 1.54) is 15.3 Å². The first-order valence-electron chi connectivity index (χ1n) is 8.07. The normalized spacial score (nSPS) is 16.9. The quantitative estimate of drug-likeness (QED) is 0.809. The highest BCUT2D eigenvalue weighted by atomic mass is 32.2. The van der Waals surface area contributed by atoms with Crippen molar-refractivity contribution in [2.45, 2.75) is 26.2 Å². The van der Waals surface area contributed by atoms with Gasteiger partial charge < -0.3 is 4.90 Å². The number of rotatable bonds is 5. The minimum atomic E-state index is -3.31. The Balaban J connectivity index is 2.04. The third-order valence-corrected chi connectivity index (χ3v) is 6.01. The summed E-state index contributed by atoms with van der Waals surface area (Å²) in [6.45, 7) is 3.15. The fourth-order valence-corrected chi connectivity index (χ4v) is 4.32. The fraction of sp³-hybridized carbons (Fsp3) is 0.562. The Morgan fingerprint density at radius 3 is 2.54 bits per heavy atom. The molecule has 134 valence electrons. The van der Waals surface area contributed by atoms with E-state index in [0.29, 0.717) is 25.9 Å². The van der Waals surface area contributed by atoms with Crippen LogP contribution in [0, 0.1) is 11.6 Å². The summed E-state index contributed by atoms with van der Waals surface area (Å²) in [4.78, 5) is 13.9. The van der Waals surface area contributed by atoms with Crippen LogP contribution in [0.1, 0.15) is 36.5 Å². The van der Waals surface area contributed by atoms with Gasteiger partial charge >= 0.3 is 0 Å². The molecule has 1 fully saturated rings. The molecular weight excluding hydrogens is 338 g/mol. The zero-order valence-corrected chi connectivity index (χ0v) is 14.5. The topological polar surface area (TPSA) is 57.7 Å². The summed E-state index contributed by atoms with van der Waals surface area (Å²) in [6.07, 6.45) is 1.92. The van der Waals surface area contributed by atoms with Gasteiger partial charge in [0.15, 0.2) is 11.6 Å². The lowest BCUT2D eigenvalue weighted by Crippen LogP contribution is -2.38. The minimum absolute atomic E-state index is 0.0659. The number of carbonyl (C=O) groups is 1. The Kier molecular flexibility index (Phi) is 6.28. The van der Waals surface area contributed by atoms with E-state index in [-0.39, 0.29) is 24.4 Å². The first kappa shape index (κ1) is 18.8. The molecule has 0 atom stereocenters. The molecule has 1 aromatic carbocycles. The van der Waals surface area contributed by atoms with Crippen molar-refractivity contribution in [2.75, 3.05) is 31.9 Å². The van der Waals surface area contributed by atoms with E-state index >= 15 is 0 Å². The molecule has 0 aromatic heterocycles. The molecule has 24 heavy (non-hydrogen) atoms. The summed E-state index contributed by atoms with van der Waals surface area (Å²) in [5, 5.41) is 0. The Hall–Kier alpha value is -1.54. The number of amides is 1. The molecule has 1 heterocycles. The van der Waals surface area contributed by atoms with Crippen molar-refractivity contribution in [3.63, 3.8) is 0 Å². The third kappa shape index (κ3) is 4.51. The number of halogens is 2. The number of hydrogen-bond acceptors (Lipinski definition) is 3. The van der Waals surface area contributed by atoms with Crippen LogP contribution in [0.3, 0.4) is 0 Å². The number of sulfonamides is 1. The van der Waals surface area contributed by atoms with Crippen molar-refractivity contribution in [3.8, 4) is 0 Å². The molecule has 0 radical (unpaired) electrons. The van der Waals surface area contributed by atoms with E-state index in [2.05, 4.69) is 0 Å². The Morgan fingerprint density at radius 1 is 1.12 bits per heavy atom. The zero-order valence-electron chi connectivity index (χ0n) is 13.7. The molecule has 2 rings (SSSR count). The molecule has 1 aromatic rings. The maximum Gasteiger partial charge on any atom is 0.254 e. The lowest BCUT2D eigenvalue weighted by molar-refractivity contribution is 0.0763. The molecule has 5 nitrogen and oxygen atoms in total. The van der Waals surface area contributed by atoms with Gasteiger partial charge in [0, 0.05) is 31.7 Å². The number of hydrogen-bond donors (Lipinski definition) is 0. The van der Waals surface area contributed by atoms with E-state index in [9.17, 15) is 22.0 Å². The van der Waals surface area contributed by atoms with Crippen molar-refractivity contribution in [1.82, 2.24) is 9.21 Å². The zero-order chi connectivity index (χ0) is 17.7. The predicted molar refractivity (Wildman–Crippen MR) is 87.1 cm³/mol. The van der Waals surface area contributed by atoms with Crippen molar-refractivity contribution < 1.29 is 22.0 Å². The number of unbranched alkanes of at least 4 members (excludes halogenated alkanes) is 1. The highest BCUT2D eigenvalue weighted by molar-refractivity contribution is 7.89. The van der Waals surface area contributed by atoms with Crippen LogP contribution in [0.4, 0.5) is 8.78 Å². The first-order valence-corrected chi connectivity index (χ1v) is 9.68. The summed E-state index contributed by atoms with van der Waals surface area (Å²) in [5.41, 5.74) is 0.0659. The maximum absolute atomic E-state index is 13.3. The lowest BCUT2D eigenvalue weighted by Gasteiger charge is -2.22. The lowest BCUT2D eigenvalue weighted by atomic mass is 10.2. The van der Waals surface area contributed by atoms with Crippen LogP contribution < -0.4 is 0 Å². The predicted octanol–water partition coefficient (Wildman–Crippen LogP) is 2.24. The molecule has 0 unspecified atom stereocenters. The molecular formula is C16H22F2N2O3S. The molecule has 1 aliphatic heterocycles. The maximum atomic E-state index is 13.3. The molecule has 8 heteroatoms. The molecule has 1 aliphatic rings. The van der Waals surface area contributed by atoms with Crippen LogP contribution in [0.2, 0.25) is 0 Å². The number of benzene rings is 1. The van der Waals surface area contributed by atoms with Crippen LogP contribution in [0.5, 0.6) is 0 Å².